The van der Waals surface area contributed by atoms with E-state index in [1.54, 1.807) is 6.92 Å². The molecule has 1 aliphatic rings. The maximum Gasteiger partial charge on any atom is 0.201 e. The zero-order chi connectivity index (χ0) is 14.2. The van der Waals surface area contributed by atoms with Gasteiger partial charge in [-0.05, 0) is 35.9 Å². The van der Waals surface area contributed by atoms with Crippen LogP contribution in [0.1, 0.15) is 31.7 Å². The first kappa shape index (κ1) is 14.5. The van der Waals surface area contributed by atoms with Crippen molar-refractivity contribution in [2.24, 2.45) is 5.92 Å². The van der Waals surface area contributed by atoms with Crippen LogP contribution in [-0.2, 0) is 9.59 Å². The zero-order valence-electron chi connectivity index (χ0n) is 11.1. The van der Waals surface area contributed by atoms with Crippen LogP contribution in [0.2, 0.25) is 0 Å². The Morgan fingerprint density at radius 3 is 2.84 bits per heavy atom. The number of benzene rings is 1. The monoisotopic (exact) mass is 292 g/mol. The number of allylic oxidation sites excluding steroid dienone is 1. The number of hydrogen-bond donors (Lipinski definition) is 0. The van der Waals surface area contributed by atoms with Crippen LogP contribution < -0.4 is 5.30 Å². The number of ketones is 1. The summed E-state index contributed by atoms with van der Waals surface area (Å²) in [7, 11) is 2.64. The number of carbonyl (C=O) groups is 2. The highest BCUT2D eigenvalue weighted by atomic mass is 32.2. The molecule has 0 spiro atoms. The Morgan fingerprint density at radius 1 is 1.53 bits per heavy atom. The van der Waals surface area contributed by atoms with Crippen molar-refractivity contribution in [3.8, 4) is 0 Å². The van der Waals surface area contributed by atoms with Crippen LogP contribution in [0.25, 0.3) is 0 Å². The van der Waals surface area contributed by atoms with E-state index >= 15 is 0 Å². The van der Waals surface area contributed by atoms with Crippen LogP contribution in [0.3, 0.4) is 0 Å². The summed E-state index contributed by atoms with van der Waals surface area (Å²) in [5.41, 5.74) is 1.62. The molecule has 3 atom stereocenters. The number of fused-ring (bicyclic) bond motifs is 1. The SMILES string of the molecule is C=C(C)C(=O)C(C)CC1C(=O)Sc2cc(P)ccc21. The lowest BCUT2D eigenvalue weighted by molar-refractivity contribution is -0.119. The molecule has 100 valence electrons. The molecule has 19 heavy (non-hydrogen) atoms. The lowest BCUT2D eigenvalue weighted by Gasteiger charge is -2.15. The quantitative estimate of drug-likeness (QED) is 0.632. The minimum atomic E-state index is -0.163. The molecule has 3 unspecified atom stereocenters. The Hall–Kier alpha value is -0.920. The van der Waals surface area contributed by atoms with Gasteiger partial charge in [-0.15, -0.1) is 9.24 Å². The summed E-state index contributed by atoms with van der Waals surface area (Å²) in [4.78, 5) is 25.0. The third-order valence-corrected chi connectivity index (χ3v) is 4.78. The fourth-order valence-corrected chi connectivity index (χ4v) is 3.83. The predicted molar refractivity (Wildman–Crippen MR) is 83.0 cm³/mol. The summed E-state index contributed by atoms with van der Waals surface area (Å²) < 4.78 is 0. The minimum absolute atomic E-state index is 0.0499. The Bertz CT molecular complexity index is 565. The van der Waals surface area contributed by atoms with Crippen molar-refractivity contribution in [2.75, 3.05) is 0 Å². The van der Waals surface area contributed by atoms with E-state index in [1.165, 1.54) is 11.8 Å². The summed E-state index contributed by atoms with van der Waals surface area (Å²) in [5, 5.41) is 1.22. The van der Waals surface area contributed by atoms with E-state index in [-0.39, 0.29) is 22.7 Å². The number of hydrogen-bond acceptors (Lipinski definition) is 3. The van der Waals surface area contributed by atoms with Crippen molar-refractivity contribution >= 4 is 37.2 Å². The van der Waals surface area contributed by atoms with E-state index in [2.05, 4.69) is 15.8 Å². The van der Waals surface area contributed by atoms with Crippen LogP contribution in [-0.4, -0.2) is 10.9 Å². The lowest BCUT2D eigenvalue weighted by atomic mass is 9.87. The molecule has 2 rings (SSSR count). The summed E-state index contributed by atoms with van der Waals surface area (Å²) in [5.74, 6) is -0.272. The van der Waals surface area contributed by atoms with Crippen LogP contribution in [0.5, 0.6) is 0 Å². The van der Waals surface area contributed by atoms with Gasteiger partial charge in [0.15, 0.2) is 5.78 Å². The van der Waals surface area contributed by atoms with Crippen LogP contribution in [0, 0.1) is 5.92 Å². The third kappa shape index (κ3) is 2.98. The Labute approximate surface area is 120 Å². The first-order chi connectivity index (χ1) is 8.90. The Morgan fingerprint density at radius 2 is 2.21 bits per heavy atom. The molecule has 1 heterocycles. The smallest absolute Gasteiger partial charge is 0.201 e. The standard InChI is InChI=1S/C15H17O2PS/c1-8(2)14(16)9(3)6-12-11-5-4-10(18)7-13(11)19-15(12)17/h4-5,7,9,12H,1,6,18H2,2-3H3. The van der Waals surface area contributed by atoms with Gasteiger partial charge in [0.25, 0.3) is 0 Å². The zero-order valence-corrected chi connectivity index (χ0v) is 13.1. The normalized spacial score (nSPS) is 19.1. The largest absolute Gasteiger partial charge is 0.294 e. The lowest BCUT2D eigenvalue weighted by Crippen LogP contribution is -2.17. The highest BCUT2D eigenvalue weighted by Crippen LogP contribution is 2.43. The fraction of sp³-hybridized carbons (Fsp3) is 0.333. The van der Waals surface area contributed by atoms with E-state index in [9.17, 15) is 9.59 Å². The Balaban J connectivity index is 2.21. The van der Waals surface area contributed by atoms with Gasteiger partial charge in [0.1, 0.15) is 0 Å². The van der Waals surface area contributed by atoms with Crippen molar-refractivity contribution < 1.29 is 9.59 Å². The van der Waals surface area contributed by atoms with Gasteiger partial charge in [-0.3, -0.25) is 9.59 Å². The molecule has 0 aromatic heterocycles. The second-order valence-corrected chi connectivity index (χ2v) is 6.77. The number of rotatable bonds is 4. The summed E-state index contributed by atoms with van der Waals surface area (Å²) in [6.07, 6.45) is 0.570. The van der Waals surface area contributed by atoms with Crippen LogP contribution in [0.4, 0.5) is 0 Å². The molecule has 2 nitrogen and oxygen atoms in total. The second kappa shape index (κ2) is 5.60. The fourth-order valence-electron chi connectivity index (χ4n) is 2.34. The first-order valence-electron chi connectivity index (χ1n) is 6.21. The van der Waals surface area contributed by atoms with E-state index < -0.39 is 0 Å². The topological polar surface area (TPSA) is 34.1 Å². The first-order valence-corrected chi connectivity index (χ1v) is 7.60. The van der Waals surface area contributed by atoms with Crippen molar-refractivity contribution in [3.05, 3.63) is 35.9 Å². The van der Waals surface area contributed by atoms with Gasteiger partial charge in [-0.1, -0.05) is 37.4 Å². The van der Waals surface area contributed by atoms with Gasteiger partial charge in [0, 0.05) is 10.8 Å². The van der Waals surface area contributed by atoms with Crippen molar-refractivity contribution in [1.82, 2.24) is 0 Å². The number of Topliss-reactive ketones (excluding diaryl/α,β-unsaturated/α-hetero) is 1. The van der Waals surface area contributed by atoms with Crippen LogP contribution >= 0.6 is 21.0 Å². The van der Waals surface area contributed by atoms with E-state index in [0.29, 0.717) is 12.0 Å². The van der Waals surface area contributed by atoms with Gasteiger partial charge in [0.05, 0.1) is 5.92 Å². The van der Waals surface area contributed by atoms with Crippen LogP contribution in [0.15, 0.2) is 35.2 Å². The van der Waals surface area contributed by atoms with E-state index in [1.807, 2.05) is 25.1 Å². The average Bonchev–Trinajstić information content (AvgIpc) is 2.63. The highest BCUT2D eigenvalue weighted by Gasteiger charge is 2.33. The highest BCUT2D eigenvalue weighted by molar-refractivity contribution is 8.14. The van der Waals surface area contributed by atoms with Gasteiger partial charge in [-0.25, -0.2) is 0 Å². The molecular weight excluding hydrogens is 275 g/mol. The molecule has 1 aromatic rings. The van der Waals surface area contributed by atoms with Gasteiger partial charge in [0.2, 0.25) is 5.12 Å². The minimum Gasteiger partial charge on any atom is -0.294 e. The number of thioether (sulfide) groups is 1. The van der Waals surface area contributed by atoms with E-state index in [4.69, 9.17) is 0 Å². The number of carbonyl (C=O) groups excluding carboxylic acids is 2. The molecule has 0 bridgehead atoms. The van der Waals surface area contributed by atoms with Crippen molar-refractivity contribution in [2.45, 2.75) is 31.1 Å². The van der Waals surface area contributed by atoms with Gasteiger partial charge >= 0.3 is 0 Å². The van der Waals surface area contributed by atoms with Gasteiger partial charge < -0.3 is 0 Å². The molecule has 0 radical (unpaired) electrons. The molecule has 0 aliphatic carbocycles. The molecule has 0 amide bonds. The molecule has 1 aliphatic heterocycles. The molecule has 0 N–H and O–H groups in total. The van der Waals surface area contributed by atoms with Crippen molar-refractivity contribution in [3.63, 3.8) is 0 Å². The molecule has 0 saturated heterocycles. The Kier molecular flexibility index (Phi) is 4.27. The van der Waals surface area contributed by atoms with E-state index in [0.717, 1.165) is 15.8 Å². The molecule has 4 heteroatoms. The van der Waals surface area contributed by atoms with Gasteiger partial charge in [-0.2, -0.15) is 0 Å². The summed E-state index contributed by atoms with van der Waals surface area (Å²) in [6.45, 7) is 7.28. The average molecular weight is 292 g/mol. The maximum atomic E-state index is 12.1. The predicted octanol–water partition coefficient (Wildman–Crippen LogP) is 3.07. The molecule has 0 fully saturated rings. The summed E-state index contributed by atoms with van der Waals surface area (Å²) in [6, 6.07) is 5.99. The van der Waals surface area contributed by atoms with Crippen molar-refractivity contribution in [1.29, 1.82) is 0 Å². The second-order valence-electron chi connectivity index (χ2n) is 5.05. The summed E-state index contributed by atoms with van der Waals surface area (Å²) >= 11 is 1.29. The molecular formula is C15H17O2PS. The molecule has 0 saturated carbocycles. The molecule has 1 aromatic carbocycles. The third-order valence-electron chi connectivity index (χ3n) is 3.37. The maximum absolute atomic E-state index is 12.1.